The monoisotopic (exact) mass is 374 g/mol. The van der Waals surface area contributed by atoms with Crippen molar-refractivity contribution in [1.82, 2.24) is 0 Å². The van der Waals surface area contributed by atoms with Gasteiger partial charge in [-0.2, -0.15) is 0 Å². The molecule has 0 aliphatic rings. The normalized spacial score (nSPS) is 10.0. The second kappa shape index (κ2) is 9.14. The van der Waals surface area contributed by atoms with Gasteiger partial charge in [0.15, 0.2) is 6.29 Å². The van der Waals surface area contributed by atoms with E-state index in [9.17, 15) is 14.4 Å². The lowest BCUT2D eigenvalue weighted by Crippen LogP contribution is -2.29. The van der Waals surface area contributed by atoms with E-state index in [1.807, 2.05) is 42.5 Å². The number of rotatable bonds is 6. The quantitative estimate of drug-likeness (QED) is 0.511. The van der Waals surface area contributed by atoms with E-state index in [-0.39, 0.29) is 6.61 Å². The van der Waals surface area contributed by atoms with E-state index in [1.165, 1.54) is 0 Å². The van der Waals surface area contributed by atoms with E-state index in [4.69, 9.17) is 4.74 Å². The van der Waals surface area contributed by atoms with Gasteiger partial charge in [-0.1, -0.05) is 54.6 Å². The SMILES string of the molecule is O=CCOc1ccccc1NC(=O)C(=O)Nc1ccc(-c2ccccc2)cc1. The van der Waals surface area contributed by atoms with Gasteiger partial charge in [0.1, 0.15) is 12.4 Å². The molecule has 0 aliphatic heterocycles. The molecule has 0 fully saturated rings. The molecular weight excluding hydrogens is 356 g/mol. The van der Waals surface area contributed by atoms with Crippen LogP contribution < -0.4 is 15.4 Å². The Morgan fingerprint density at radius 3 is 2.07 bits per heavy atom. The Morgan fingerprint density at radius 2 is 1.36 bits per heavy atom. The zero-order chi connectivity index (χ0) is 19.8. The minimum atomic E-state index is -0.839. The summed E-state index contributed by atoms with van der Waals surface area (Å²) in [5, 5.41) is 5.04. The maximum atomic E-state index is 12.2. The maximum Gasteiger partial charge on any atom is 0.314 e. The number of hydrogen-bond acceptors (Lipinski definition) is 4. The van der Waals surface area contributed by atoms with Gasteiger partial charge in [-0.3, -0.25) is 14.4 Å². The number of benzene rings is 3. The molecule has 0 aliphatic carbocycles. The van der Waals surface area contributed by atoms with Crippen LogP contribution in [0, 0.1) is 0 Å². The standard InChI is InChI=1S/C22H18N2O4/c25-14-15-28-20-9-5-4-8-19(20)24-22(27)21(26)23-18-12-10-17(11-13-18)16-6-2-1-3-7-16/h1-14H,15H2,(H,23,26)(H,24,27). The van der Waals surface area contributed by atoms with Gasteiger partial charge in [0.05, 0.1) is 5.69 Å². The highest BCUT2D eigenvalue weighted by Gasteiger charge is 2.16. The fraction of sp³-hybridized carbons (Fsp3) is 0.0455. The first-order chi connectivity index (χ1) is 13.7. The van der Waals surface area contributed by atoms with Crippen LogP contribution in [0.4, 0.5) is 11.4 Å². The van der Waals surface area contributed by atoms with Crippen molar-refractivity contribution in [3.05, 3.63) is 78.9 Å². The fourth-order valence-electron chi connectivity index (χ4n) is 2.56. The number of ether oxygens (including phenoxy) is 1. The summed E-state index contributed by atoms with van der Waals surface area (Å²) in [7, 11) is 0. The molecule has 0 spiro atoms. The zero-order valence-corrected chi connectivity index (χ0v) is 14.9. The number of nitrogens with one attached hydrogen (secondary N) is 2. The van der Waals surface area contributed by atoms with Crippen molar-refractivity contribution < 1.29 is 19.1 Å². The van der Waals surface area contributed by atoms with E-state index in [0.29, 0.717) is 23.4 Å². The van der Waals surface area contributed by atoms with Gasteiger partial charge in [-0.15, -0.1) is 0 Å². The Balaban J connectivity index is 1.63. The predicted octanol–water partition coefficient (Wildman–Crippen LogP) is 3.51. The van der Waals surface area contributed by atoms with Crippen molar-refractivity contribution >= 4 is 29.5 Å². The predicted molar refractivity (Wildman–Crippen MR) is 107 cm³/mol. The largest absolute Gasteiger partial charge is 0.484 e. The molecular formula is C22H18N2O4. The lowest BCUT2D eigenvalue weighted by atomic mass is 10.1. The third kappa shape index (κ3) is 4.82. The van der Waals surface area contributed by atoms with Crippen molar-refractivity contribution in [3.8, 4) is 16.9 Å². The molecule has 3 rings (SSSR count). The second-order valence-electron chi connectivity index (χ2n) is 5.83. The molecule has 0 saturated carbocycles. The fourth-order valence-corrected chi connectivity index (χ4v) is 2.56. The molecule has 0 saturated heterocycles. The van der Waals surface area contributed by atoms with Crippen LogP contribution >= 0.6 is 0 Å². The maximum absolute atomic E-state index is 12.2. The third-order valence-electron chi connectivity index (χ3n) is 3.90. The Morgan fingerprint density at radius 1 is 0.750 bits per heavy atom. The molecule has 6 heteroatoms. The van der Waals surface area contributed by atoms with Crippen LogP contribution in [0.2, 0.25) is 0 Å². The minimum Gasteiger partial charge on any atom is -0.484 e. The summed E-state index contributed by atoms with van der Waals surface area (Å²) in [6.45, 7) is -0.146. The molecule has 0 aromatic heterocycles. The zero-order valence-electron chi connectivity index (χ0n) is 14.9. The van der Waals surface area contributed by atoms with Crippen molar-refractivity contribution in [2.75, 3.05) is 17.2 Å². The van der Waals surface area contributed by atoms with Gasteiger partial charge in [0.25, 0.3) is 0 Å². The lowest BCUT2D eigenvalue weighted by molar-refractivity contribution is -0.133. The van der Waals surface area contributed by atoms with Gasteiger partial charge in [-0.25, -0.2) is 0 Å². The average molecular weight is 374 g/mol. The summed E-state index contributed by atoms with van der Waals surface area (Å²) in [6, 6.07) is 23.6. The highest BCUT2D eigenvalue weighted by atomic mass is 16.5. The summed E-state index contributed by atoms with van der Waals surface area (Å²) in [5.41, 5.74) is 2.88. The van der Waals surface area contributed by atoms with Gasteiger partial charge in [-0.05, 0) is 35.4 Å². The number of amides is 2. The third-order valence-corrected chi connectivity index (χ3v) is 3.90. The number of carbonyl (C=O) groups is 3. The van der Waals surface area contributed by atoms with Crippen LogP contribution in [0.3, 0.4) is 0 Å². The van der Waals surface area contributed by atoms with Gasteiger partial charge >= 0.3 is 11.8 Å². The first-order valence-corrected chi connectivity index (χ1v) is 8.60. The van der Waals surface area contributed by atoms with Crippen molar-refractivity contribution in [2.24, 2.45) is 0 Å². The van der Waals surface area contributed by atoms with E-state index < -0.39 is 11.8 Å². The van der Waals surface area contributed by atoms with Crippen molar-refractivity contribution in [3.63, 3.8) is 0 Å². The highest BCUT2D eigenvalue weighted by molar-refractivity contribution is 6.43. The number of carbonyl (C=O) groups excluding carboxylic acids is 3. The molecule has 2 amide bonds. The van der Waals surface area contributed by atoms with Gasteiger partial charge < -0.3 is 15.4 Å². The van der Waals surface area contributed by atoms with Crippen molar-refractivity contribution in [1.29, 1.82) is 0 Å². The van der Waals surface area contributed by atoms with E-state index in [2.05, 4.69) is 10.6 Å². The summed E-state index contributed by atoms with van der Waals surface area (Å²) in [5.74, 6) is -1.34. The summed E-state index contributed by atoms with van der Waals surface area (Å²) in [6.07, 6.45) is 0.602. The van der Waals surface area contributed by atoms with Crippen LogP contribution in [0.15, 0.2) is 78.9 Å². The minimum absolute atomic E-state index is 0.146. The van der Waals surface area contributed by atoms with E-state index in [0.717, 1.165) is 11.1 Å². The van der Waals surface area contributed by atoms with Crippen LogP contribution in [0.25, 0.3) is 11.1 Å². The molecule has 140 valence electrons. The van der Waals surface area contributed by atoms with E-state index in [1.54, 1.807) is 36.4 Å². The summed E-state index contributed by atoms with van der Waals surface area (Å²) in [4.78, 5) is 34.8. The number of hydrogen-bond donors (Lipinski definition) is 2. The van der Waals surface area contributed by atoms with Crippen LogP contribution in [-0.4, -0.2) is 24.7 Å². The molecule has 0 heterocycles. The van der Waals surface area contributed by atoms with Crippen molar-refractivity contribution in [2.45, 2.75) is 0 Å². The molecule has 0 radical (unpaired) electrons. The first-order valence-electron chi connectivity index (χ1n) is 8.60. The number of para-hydroxylation sites is 2. The molecule has 0 atom stereocenters. The van der Waals surface area contributed by atoms with Crippen LogP contribution in [-0.2, 0) is 14.4 Å². The lowest BCUT2D eigenvalue weighted by Gasteiger charge is -2.11. The summed E-state index contributed by atoms with van der Waals surface area (Å²) >= 11 is 0. The van der Waals surface area contributed by atoms with Crippen LogP contribution in [0.1, 0.15) is 0 Å². The molecule has 2 N–H and O–H groups in total. The van der Waals surface area contributed by atoms with Gasteiger partial charge in [0.2, 0.25) is 0 Å². The smallest absolute Gasteiger partial charge is 0.314 e. The number of anilines is 2. The Kier molecular flexibility index (Phi) is 6.15. The second-order valence-corrected chi connectivity index (χ2v) is 5.83. The average Bonchev–Trinajstić information content (AvgIpc) is 2.74. The molecule has 0 unspecified atom stereocenters. The first kappa shape index (κ1) is 18.8. The number of aldehydes is 1. The summed E-state index contributed by atoms with van der Waals surface area (Å²) < 4.78 is 5.23. The Hall–Kier alpha value is -3.93. The highest BCUT2D eigenvalue weighted by Crippen LogP contribution is 2.24. The van der Waals surface area contributed by atoms with Crippen LogP contribution in [0.5, 0.6) is 5.75 Å². The topological polar surface area (TPSA) is 84.5 Å². The molecule has 3 aromatic rings. The molecule has 6 nitrogen and oxygen atoms in total. The molecule has 28 heavy (non-hydrogen) atoms. The molecule has 0 bridgehead atoms. The Bertz CT molecular complexity index is 969. The molecule has 3 aromatic carbocycles. The van der Waals surface area contributed by atoms with Gasteiger partial charge in [0, 0.05) is 5.69 Å². The Labute approximate surface area is 162 Å². The van der Waals surface area contributed by atoms with E-state index >= 15 is 0 Å².